The van der Waals surface area contributed by atoms with Crippen LogP contribution in [0.15, 0.2) is 12.2 Å². The van der Waals surface area contributed by atoms with Gasteiger partial charge in [0.05, 0.1) is 13.2 Å². The van der Waals surface area contributed by atoms with Crippen LogP contribution in [0.2, 0.25) is 0 Å². The topological polar surface area (TPSA) is 79.2 Å². The highest BCUT2D eigenvalue weighted by Gasteiger charge is 2.40. The molecular formula is C25H48O5. The molecule has 1 aliphatic rings. The van der Waals surface area contributed by atoms with E-state index < -0.39 is 24.4 Å². The third kappa shape index (κ3) is 13.1. The summed E-state index contributed by atoms with van der Waals surface area (Å²) in [7, 11) is 0. The predicted molar refractivity (Wildman–Crippen MR) is 123 cm³/mol. The lowest BCUT2D eigenvalue weighted by Crippen LogP contribution is -2.42. The smallest absolute Gasteiger partial charge is 0.114 e. The maximum absolute atomic E-state index is 9.84. The van der Waals surface area contributed by atoms with Crippen molar-refractivity contribution in [3.05, 3.63) is 12.2 Å². The molecule has 0 bridgehead atoms. The van der Waals surface area contributed by atoms with Gasteiger partial charge in [-0.3, -0.25) is 0 Å². The van der Waals surface area contributed by atoms with Crippen molar-refractivity contribution in [2.75, 3.05) is 19.8 Å². The van der Waals surface area contributed by atoms with Gasteiger partial charge in [0, 0.05) is 6.61 Å². The maximum Gasteiger partial charge on any atom is 0.114 e. The normalized spacial score (nSPS) is 22.9. The van der Waals surface area contributed by atoms with E-state index in [4.69, 9.17) is 9.47 Å². The van der Waals surface area contributed by atoms with E-state index in [-0.39, 0.29) is 13.2 Å². The second kappa shape index (κ2) is 19.2. The van der Waals surface area contributed by atoms with Gasteiger partial charge < -0.3 is 24.8 Å². The zero-order valence-electron chi connectivity index (χ0n) is 19.4. The Hall–Kier alpha value is -0.460. The molecule has 0 aliphatic carbocycles. The number of allylic oxidation sites excluding steroid dienone is 2. The summed E-state index contributed by atoms with van der Waals surface area (Å²) in [6.45, 7) is 2.68. The van der Waals surface area contributed by atoms with Gasteiger partial charge in [0.1, 0.15) is 24.4 Å². The van der Waals surface area contributed by atoms with Gasteiger partial charge in [0.2, 0.25) is 0 Å². The Labute approximate surface area is 184 Å². The largest absolute Gasteiger partial charge is 0.394 e. The summed E-state index contributed by atoms with van der Waals surface area (Å²) in [5.74, 6) is 0. The molecule has 4 atom stereocenters. The van der Waals surface area contributed by atoms with Crippen LogP contribution in [-0.4, -0.2) is 59.6 Å². The van der Waals surface area contributed by atoms with Crippen LogP contribution in [0.3, 0.4) is 0 Å². The molecule has 5 heteroatoms. The van der Waals surface area contributed by atoms with E-state index in [0.29, 0.717) is 6.61 Å². The Balaban J connectivity index is 1.81. The second-order valence-corrected chi connectivity index (χ2v) is 8.74. The minimum Gasteiger partial charge on any atom is -0.394 e. The van der Waals surface area contributed by atoms with E-state index in [1.807, 2.05) is 0 Å². The molecule has 0 amide bonds. The highest BCUT2D eigenvalue weighted by molar-refractivity contribution is 4.88. The highest BCUT2D eigenvalue weighted by atomic mass is 16.6. The fourth-order valence-electron chi connectivity index (χ4n) is 3.97. The van der Waals surface area contributed by atoms with Crippen molar-refractivity contribution >= 4 is 0 Å². The molecule has 3 N–H and O–H groups in total. The van der Waals surface area contributed by atoms with Crippen molar-refractivity contribution in [3.8, 4) is 0 Å². The van der Waals surface area contributed by atoms with Crippen LogP contribution < -0.4 is 0 Å². The number of aliphatic hydroxyl groups is 3. The van der Waals surface area contributed by atoms with E-state index >= 15 is 0 Å². The van der Waals surface area contributed by atoms with E-state index in [1.54, 1.807) is 0 Å². The van der Waals surface area contributed by atoms with Gasteiger partial charge in [0.15, 0.2) is 0 Å². The Kier molecular flexibility index (Phi) is 17.7. The summed E-state index contributed by atoms with van der Waals surface area (Å²) in [5.41, 5.74) is 0. The summed E-state index contributed by atoms with van der Waals surface area (Å²) in [4.78, 5) is 0. The quantitative estimate of drug-likeness (QED) is 0.190. The SMILES string of the molecule is CCC/C=C/CCCCCCCCCCCCCCO[C@@H](CO)[C@H]1OC[C@@H](O)[C@H]1O. The van der Waals surface area contributed by atoms with Crippen molar-refractivity contribution in [2.45, 2.75) is 128 Å². The second-order valence-electron chi connectivity index (χ2n) is 8.74. The Morgan fingerprint density at radius 3 is 1.87 bits per heavy atom. The van der Waals surface area contributed by atoms with E-state index in [1.165, 1.54) is 83.5 Å². The number of hydrogen-bond acceptors (Lipinski definition) is 5. The van der Waals surface area contributed by atoms with Crippen LogP contribution in [-0.2, 0) is 9.47 Å². The van der Waals surface area contributed by atoms with E-state index in [2.05, 4.69) is 19.1 Å². The van der Waals surface area contributed by atoms with Gasteiger partial charge >= 0.3 is 0 Å². The first kappa shape index (κ1) is 27.6. The third-order valence-corrected chi connectivity index (χ3v) is 5.96. The Morgan fingerprint density at radius 1 is 0.833 bits per heavy atom. The molecule has 30 heavy (non-hydrogen) atoms. The molecule has 0 unspecified atom stereocenters. The molecule has 1 saturated heterocycles. The molecule has 1 fully saturated rings. The van der Waals surface area contributed by atoms with Crippen molar-refractivity contribution in [2.24, 2.45) is 0 Å². The minimum atomic E-state index is -0.977. The number of unbranched alkanes of at least 4 members (excludes halogenated alkanes) is 13. The number of aliphatic hydroxyl groups excluding tert-OH is 3. The van der Waals surface area contributed by atoms with Crippen LogP contribution in [0.25, 0.3) is 0 Å². The highest BCUT2D eigenvalue weighted by Crippen LogP contribution is 2.20. The summed E-state index contributed by atoms with van der Waals surface area (Å²) >= 11 is 0. The summed E-state index contributed by atoms with van der Waals surface area (Å²) < 4.78 is 11.0. The first-order valence-electron chi connectivity index (χ1n) is 12.6. The predicted octanol–water partition coefficient (Wildman–Crippen LogP) is 4.91. The standard InChI is InChI=1S/C25H48O5/c1-2-3-4-5-6-7-8-9-10-11-12-13-14-15-16-17-18-19-29-23(20-26)25-24(28)22(27)21-30-25/h4-5,22-28H,2-3,6-21H2,1H3/b5-4+/t22-,23+,24-,25-/m1/s1. The van der Waals surface area contributed by atoms with Crippen LogP contribution in [0.5, 0.6) is 0 Å². The van der Waals surface area contributed by atoms with Gasteiger partial charge in [0.25, 0.3) is 0 Å². The van der Waals surface area contributed by atoms with Crippen LogP contribution in [0.4, 0.5) is 0 Å². The van der Waals surface area contributed by atoms with Crippen LogP contribution in [0.1, 0.15) is 103 Å². The molecule has 178 valence electrons. The molecular weight excluding hydrogens is 380 g/mol. The zero-order valence-corrected chi connectivity index (χ0v) is 19.4. The number of ether oxygens (including phenoxy) is 2. The first-order valence-corrected chi connectivity index (χ1v) is 12.6. The molecule has 0 aromatic rings. The number of rotatable bonds is 20. The zero-order chi connectivity index (χ0) is 21.9. The summed E-state index contributed by atoms with van der Waals surface area (Å²) in [6, 6.07) is 0. The summed E-state index contributed by atoms with van der Waals surface area (Å²) in [5, 5.41) is 28.8. The molecule has 0 radical (unpaired) electrons. The lowest BCUT2D eigenvalue weighted by Gasteiger charge is -2.24. The first-order chi connectivity index (χ1) is 14.7. The average Bonchev–Trinajstić information content (AvgIpc) is 3.08. The summed E-state index contributed by atoms with van der Waals surface area (Å²) in [6.07, 6.45) is 20.9. The molecule has 1 rings (SSSR count). The fourth-order valence-corrected chi connectivity index (χ4v) is 3.97. The van der Waals surface area contributed by atoms with Gasteiger partial charge in [-0.1, -0.05) is 89.7 Å². The molecule has 0 aromatic carbocycles. The van der Waals surface area contributed by atoms with Gasteiger partial charge in [-0.25, -0.2) is 0 Å². The van der Waals surface area contributed by atoms with Crippen molar-refractivity contribution < 1.29 is 24.8 Å². The van der Waals surface area contributed by atoms with Crippen molar-refractivity contribution in [1.82, 2.24) is 0 Å². The van der Waals surface area contributed by atoms with Crippen molar-refractivity contribution in [3.63, 3.8) is 0 Å². The van der Waals surface area contributed by atoms with Gasteiger partial charge in [-0.15, -0.1) is 0 Å². The number of hydrogen-bond donors (Lipinski definition) is 3. The lowest BCUT2D eigenvalue weighted by atomic mass is 10.0. The Morgan fingerprint density at radius 2 is 1.37 bits per heavy atom. The Bertz CT molecular complexity index is 401. The average molecular weight is 429 g/mol. The third-order valence-electron chi connectivity index (χ3n) is 5.96. The van der Waals surface area contributed by atoms with E-state index in [0.717, 1.165) is 12.8 Å². The molecule has 0 aromatic heterocycles. The molecule has 0 saturated carbocycles. The van der Waals surface area contributed by atoms with Gasteiger partial charge in [-0.05, 0) is 25.7 Å². The van der Waals surface area contributed by atoms with E-state index in [9.17, 15) is 15.3 Å². The molecule has 1 heterocycles. The maximum atomic E-state index is 9.84. The molecule has 1 aliphatic heterocycles. The monoisotopic (exact) mass is 428 g/mol. The van der Waals surface area contributed by atoms with Crippen molar-refractivity contribution in [1.29, 1.82) is 0 Å². The van der Waals surface area contributed by atoms with Gasteiger partial charge in [-0.2, -0.15) is 0 Å². The fraction of sp³-hybridized carbons (Fsp3) is 0.920. The lowest BCUT2D eigenvalue weighted by molar-refractivity contribution is -0.101. The minimum absolute atomic E-state index is 0.0996. The van der Waals surface area contributed by atoms with Crippen LogP contribution in [0, 0.1) is 0 Å². The van der Waals surface area contributed by atoms with Crippen LogP contribution >= 0.6 is 0 Å². The molecule has 0 spiro atoms. The molecule has 5 nitrogen and oxygen atoms in total.